The van der Waals surface area contributed by atoms with Gasteiger partial charge in [0.2, 0.25) is 0 Å². The molecule has 3 aromatic rings. The van der Waals surface area contributed by atoms with Gasteiger partial charge in [-0.3, -0.25) is 4.79 Å². The van der Waals surface area contributed by atoms with E-state index in [1.54, 1.807) is 13.8 Å². The lowest BCUT2D eigenvalue weighted by molar-refractivity contribution is -0.142. The number of carbonyl (C=O) groups is 1. The quantitative estimate of drug-likeness (QED) is 0.695. The summed E-state index contributed by atoms with van der Waals surface area (Å²) < 4.78 is 5.78. The molecule has 0 saturated carbocycles. The van der Waals surface area contributed by atoms with Gasteiger partial charge in [0.05, 0.1) is 5.69 Å². The van der Waals surface area contributed by atoms with Crippen LogP contribution in [0.4, 0.5) is 0 Å². The van der Waals surface area contributed by atoms with Crippen LogP contribution in [0.25, 0.3) is 10.6 Å². The second kappa shape index (κ2) is 7.07. The first-order valence-corrected chi connectivity index (χ1v) is 8.81. The van der Waals surface area contributed by atoms with E-state index in [0.29, 0.717) is 12.3 Å². The Morgan fingerprint density at radius 2 is 1.80 bits per heavy atom. The molecule has 4 nitrogen and oxygen atoms in total. The van der Waals surface area contributed by atoms with Gasteiger partial charge in [-0.05, 0) is 43.7 Å². The van der Waals surface area contributed by atoms with Gasteiger partial charge in [-0.25, -0.2) is 4.98 Å². The van der Waals surface area contributed by atoms with Crippen LogP contribution in [-0.4, -0.2) is 16.1 Å². The largest absolute Gasteiger partial charge is 0.489 e. The van der Waals surface area contributed by atoms with Gasteiger partial charge in [-0.1, -0.05) is 30.3 Å². The molecule has 0 unspecified atom stereocenters. The lowest BCUT2D eigenvalue weighted by Crippen LogP contribution is -2.28. The van der Waals surface area contributed by atoms with Gasteiger partial charge in [0.1, 0.15) is 22.8 Å². The SMILES string of the molecule is CC(C)(C(=O)O)c1csc(-c2ccc(OCc3ccccc3)cc2)n1. The van der Waals surface area contributed by atoms with Gasteiger partial charge in [0.15, 0.2) is 0 Å². The number of aliphatic carboxylic acids is 1. The molecule has 0 spiro atoms. The molecular weight excluding hydrogens is 334 g/mol. The van der Waals surface area contributed by atoms with Crippen LogP contribution < -0.4 is 4.74 Å². The molecule has 1 N–H and O–H groups in total. The van der Waals surface area contributed by atoms with Crippen LogP contribution in [-0.2, 0) is 16.8 Å². The van der Waals surface area contributed by atoms with E-state index in [-0.39, 0.29) is 0 Å². The molecule has 0 amide bonds. The molecule has 0 bridgehead atoms. The first kappa shape index (κ1) is 17.2. The Kier molecular flexibility index (Phi) is 4.86. The van der Waals surface area contributed by atoms with Gasteiger partial charge >= 0.3 is 5.97 Å². The van der Waals surface area contributed by atoms with E-state index in [4.69, 9.17) is 4.74 Å². The molecule has 1 heterocycles. The fraction of sp³-hybridized carbons (Fsp3) is 0.200. The van der Waals surface area contributed by atoms with Crippen molar-refractivity contribution in [1.82, 2.24) is 4.98 Å². The summed E-state index contributed by atoms with van der Waals surface area (Å²) in [4.78, 5) is 15.8. The number of rotatable bonds is 6. The maximum absolute atomic E-state index is 11.3. The summed E-state index contributed by atoms with van der Waals surface area (Å²) in [5.41, 5.74) is 1.65. The van der Waals surface area contributed by atoms with Crippen molar-refractivity contribution in [2.75, 3.05) is 0 Å². The Bertz CT molecular complexity index is 854. The number of hydrogen-bond acceptors (Lipinski definition) is 4. The predicted molar refractivity (Wildman–Crippen MR) is 99.0 cm³/mol. The zero-order valence-corrected chi connectivity index (χ0v) is 14.9. The Labute approximate surface area is 150 Å². The Morgan fingerprint density at radius 1 is 1.12 bits per heavy atom. The number of carboxylic acid groups (broad SMARTS) is 1. The van der Waals surface area contributed by atoms with Crippen LogP contribution in [0.2, 0.25) is 0 Å². The molecule has 128 valence electrons. The average molecular weight is 353 g/mol. The standard InChI is InChI=1S/C20H19NO3S/c1-20(2,19(22)23)17-13-25-18(21-17)15-8-10-16(11-9-15)24-12-14-6-4-3-5-7-14/h3-11,13H,12H2,1-2H3,(H,22,23). The first-order chi connectivity index (χ1) is 12.0. The molecule has 0 aliphatic rings. The Balaban J connectivity index is 1.70. The highest BCUT2D eigenvalue weighted by Gasteiger charge is 2.32. The lowest BCUT2D eigenvalue weighted by atomic mass is 9.90. The Morgan fingerprint density at radius 3 is 2.44 bits per heavy atom. The molecule has 2 aromatic carbocycles. The van der Waals surface area contributed by atoms with E-state index in [1.807, 2.05) is 60.0 Å². The fourth-order valence-corrected chi connectivity index (χ4v) is 3.23. The maximum atomic E-state index is 11.3. The minimum atomic E-state index is -0.993. The highest BCUT2D eigenvalue weighted by molar-refractivity contribution is 7.13. The fourth-order valence-electron chi connectivity index (χ4n) is 2.24. The maximum Gasteiger partial charge on any atom is 0.315 e. The smallest absolute Gasteiger partial charge is 0.315 e. The van der Waals surface area contributed by atoms with Crippen molar-refractivity contribution >= 4 is 17.3 Å². The summed E-state index contributed by atoms with van der Waals surface area (Å²) in [5.74, 6) is -0.0933. The van der Waals surface area contributed by atoms with Crippen LogP contribution in [0.1, 0.15) is 25.1 Å². The van der Waals surface area contributed by atoms with Gasteiger partial charge in [0.25, 0.3) is 0 Å². The number of carboxylic acids is 1. The van der Waals surface area contributed by atoms with Crippen LogP contribution in [0.15, 0.2) is 60.0 Å². The lowest BCUT2D eigenvalue weighted by Gasteiger charge is -2.15. The van der Waals surface area contributed by atoms with Crippen molar-refractivity contribution in [3.8, 4) is 16.3 Å². The zero-order chi connectivity index (χ0) is 17.9. The van der Waals surface area contributed by atoms with Crippen LogP contribution >= 0.6 is 11.3 Å². The third-order valence-corrected chi connectivity index (χ3v) is 4.92. The van der Waals surface area contributed by atoms with Gasteiger partial charge in [0, 0.05) is 10.9 Å². The molecule has 0 saturated heterocycles. The minimum Gasteiger partial charge on any atom is -0.489 e. The molecule has 0 aliphatic carbocycles. The molecule has 1 aromatic heterocycles. The molecule has 0 aliphatic heterocycles. The third kappa shape index (κ3) is 3.88. The number of nitrogens with zero attached hydrogens (tertiary/aromatic N) is 1. The Hall–Kier alpha value is -2.66. The van der Waals surface area contributed by atoms with Crippen molar-refractivity contribution in [1.29, 1.82) is 0 Å². The molecule has 0 fully saturated rings. The summed E-state index contributed by atoms with van der Waals surface area (Å²) in [7, 11) is 0. The molecule has 5 heteroatoms. The molecule has 25 heavy (non-hydrogen) atoms. The van der Waals surface area contributed by atoms with E-state index in [0.717, 1.165) is 21.9 Å². The van der Waals surface area contributed by atoms with Gasteiger partial charge in [-0.15, -0.1) is 11.3 Å². The average Bonchev–Trinajstić information content (AvgIpc) is 3.12. The monoisotopic (exact) mass is 353 g/mol. The van der Waals surface area contributed by atoms with Crippen molar-refractivity contribution in [2.45, 2.75) is 25.9 Å². The van der Waals surface area contributed by atoms with Crippen LogP contribution in [0.5, 0.6) is 5.75 Å². The molecule has 3 rings (SSSR count). The van der Waals surface area contributed by atoms with Crippen molar-refractivity contribution in [2.24, 2.45) is 0 Å². The van der Waals surface area contributed by atoms with E-state index in [9.17, 15) is 9.90 Å². The van der Waals surface area contributed by atoms with E-state index in [1.165, 1.54) is 11.3 Å². The molecular formula is C20H19NO3S. The van der Waals surface area contributed by atoms with E-state index in [2.05, 4.69) is 4.98 Å². The molecule has 0 atom stereocenters. The van der Waals surface area contributed by atoms with Crippen molar-refractivity contribution in [3.63, 3.8) is 0 Å². The summed E-state index contributed by atoms with van der Waals surface area (Å²) in [5, 5.41) is 11.9. The number of thiazole rings is 1. The zero-order valence-electron chi connectivity index (χ0n) is 14.1. The second-order valence-corrected chi connectivity index (χ2v) is 7.12. The van der Waals surface area contributed by atoms with Crippen molar-refractivity contribution in [3.05, 3.63) is 71.2 Å². The molecule has 0 radical (unpaired) electrons. The minimum absolute atomic E-state index is 0.522. The summed E-state index contributed by atoms with van der Waals surface area (Å²) in [6.45, 7) is 3.85. The topological polar surface area (TPSA) is 59.4 Å². The highest BCUT2D eigenvalue weighted by Crippen LogP contribution is 2.31. The number of aromatic nitrogens is 1. The first-order valence-electron chi connectivity index (χ1n) is 7.93. The predicted octanol–water partition coefficient (Wildman–Crippen LogP) is 4.75. The van der Waals surface area contributed by atoms with Gasteiger partial charge in [-0.2, -0.15) is 0 Å². The second-order valence-electron chi connectivity index (χ2n) is 6.27. The number of hydrogen-bond donors (Lipinski definition) is 1. The number of benzene rings is 2. The number of ether oxygens (including phenoxy) is 1. The summed E-state index contributed by atoms with van der Waals surface area (Å²) in [6, 6.07) is 17.7. The van der Waals surface area contributed by atoms with Crippen LogP contribution in [0, 0.1) is 0 Å². The third-order valence-electron chi connectivity index (χ3n) is 4.03. The van der Waals surface area contributed by atoms with Gasteiger partial charge < -0.3 is 9.84 Å². The van der Waals surface area contributed by atoms with Crippen LogP contribution in [0.3, 0.4) is 0 Å². The highest BCUT2D eigenvalue weighted by atomic mass is 32.1. The van der Waals surface area contributed by atoms with Crippen molar-refractivity contribution < 1.29 is 14.6 Å². The summed E-state index contributed by atoms with van der Waals surface area (Å²) in [6.07, 6.45) is 0. The normalized spacial score (nSPS) is 11.3. The summed E-state index contributed by atoms with van der Waals surface area (Å²) >= 11 is 1.45. The van der Waals surface area contributed by atoms with E-state index >= 15 is 0 Å². The van der Waals surface area contributed by atoms with E-state index < -0.39 is 11.4 Å².